The summed E-state index contributed by atoms with van der Waals surface area (Å²) in [5.74, 6) is -1.55. The highest BCUT2D eigenvalue weighted by molar-refractivity contribution is 5.94. The number of aryl methyl sites for hydroxylation is 1. The van der Waals surface area contributed by atoms with Gasteiger partial charge in [0.2, 0.25) is 5.76 Å². The van der Waals surface area contributed by atoms with Crippen molar-refractivity contribution in [1.82, 2.24) is 4.90 Å². The summed E-state index contributed by atoms with van der Waals surface area (Å²) in [7, 11) is 0. The third kappa shape index (κ3) is 2.74. The van der Waals surface area contributed by atoms with E-state index in [2.05, 4.69) is 26.0 Å². The van der Waals surface area contributed by atoms with Crippen molar-refractivity contribution in [2.24, 2.45) is 0 Å². The lowest BCUT2D eigenvalue weighted by molar-refractivity contribution is 0.0645. The van der Waals surface area contributed by atoms with Crippen molar-refractivity contribution in [1.29, 1.82) is 0 Å². The van der Waals surface area contributed by atoms with E-state index in [1.807, 2.05) is 6.07 Å². The number of nitrogens with zero attached hydrogens (tertiary/aromatic N) is 1. The van der Waals surface area contributed by atoms with Crippen LogP contribution < -0.4 is 0 Å². The lowest BCUT2D eigenvalue weighted by atomic mass is 9.96. The first-order chi connectivity index (χ1) is 11.0. The van der Waals surface area contributed by atoms with Gasteiger partial charge in [-0.2, -0.15) is 0 Å². The minimum atomic E-state index is -1.17. The molecule has 1 aliphatic rings. The van der Waals surface area contributed by atoms with Crippen molar-refractivity contribution >= 4 is 11.9 Å². The zero-order valence-electron chi connectivity index (χ0n) is 13.2. The Morgan fingerprint density at radius 2 is 1.91 bits per heavy atom. The molecule has 1 aliphatic heterocycles. The summed E-state index contributed by atoms with van der Waals surface area (Å²) in [6.07, 6.45) is 1.83. The van der Waals surface area contributed by atoms with E-state index in [1.165, 1.54) is 23.3 Å². The molecule has 1 atom stereocenters. The molecule has 5 heteroatoms. The fraction of sp³-hybridized carbons (Fsp3) is 0.333. The molecule has 2 aromatic rings. The van der Waals surface area contributed by atoms with E-state index in [0.29, 0.717) is 6.54 Å². The largest absolute Gasteiger partial charge is 0.475 e. The van der Waals surface area contributed by atoms with E-state index in [-0.39, 0.29) is 23.5 Å². The first kappa shape index (κ1) is 15.3. The maximum absolute atomic E-state index is 12.7. The Kier molecular flexibility index (Phi) is 3.94. The number of amides is 1. The number of benzene rings is 1. The van der Waals surface area contributed by atoms with Crippen LogP contribution in [0.15, 0.2) is 34.7 Å². The van der Waals surface area contributed by atoms with Crippen LogP contribution in [0.25, 0.3) is 0 Å². The molecule has 1 N–H and O–H groups in total. The molecule has 0 bridgehead atoms. The van der Waals surface area contributed by atoms with Crippen LogP contribution in [-0.4, -0.2) is 28.4 Å². The summed E-state index contributed by atoms with van der Waals surface area (Å²) in [5, 5.41) is 8.92. The third-order valence-electron chi connectivity index (χ3n) is 4.55. The number of carboxylic acids is 1. The molecule has 120 valence electrons. The summed E-state index contributed by atoms with van der Waals surface area (Å²) < 4.78 is 5.17. The number of rotatable bonds is 3. The first-order valence-corrected chi connectivity index (χ1v) is 7.69. The van der Waals surface area contributed by atoms with Gasteiger partial charge in [0.25, 0.3) is 5.91 Å². The number of hydrogen-bond donors (Lipinski definition) is 1. The van der Waals surface area contributed by atoms with Crippen LogP contribution in [0, 0.1) is 13.8 Å². The highest BCUT2D eigenvalue weighted by atomic mass is 16.4. The van der Waals surface area contributed by atoms with E-state index < -0.39 is 5.97 Å². The summed E-state index contributed by atoms with van der Waals surface area (Å²) in [4.78, 5) is 25.4. The Morgan fingerprint density at radius 3 is 2.61 bits per heavy atom. The van der Waals surface area contributed by atoms with Crippen LogP contribution in [0.4, 0.5) is 0 Å². The molecule has 0 radical (unpaired) electrons. The van der Waals surface area contributed by atoms with Gasteiger partial charge in [0.05, 0.1) is 6.04 Å². The lowest BCUT2D eigenvalue weighted by Gasteiger charge is -2.26. The average molecular weight is 313 g/mol. The molecule has 1 fully saturated rings. The number of carboxylic acid groups (broad SMARTS) is 1. The molecule has 5 nitrogen and oxygen atoms in total. The van der Waals surface area contributed by atoms with Crippen LogP contribution in [-0.2, 0) is 0 Å². The zero-order chi connectivity index (χ0) is 16.6. The summed E-state index contributed by atoms with van der Waals surface area (Å²) in [6.45, 7) is 4.78. The second-order valence-electron chi connectivity index (χ2n) is 5.91. The normalized spacial score (nSPS) is 17.5. The van der Waals surface area contributed by atoms with E-state index in [9.17, 15) is 9.59 Å². The van der Waals surface area contributed by atoms with Crippen molar-refractivity contribution in [3.63, 3.8) is 0 Å². The quantitative estimate of drug-likeness (QED) is 0.940. The Morgan fingerprint density at radius 1 is 1.17 bits per heavy atom. The van der Waals surface area contributed by atoms with Gasteiger partial charge in [-0.05, 0) is 55.5 Å². The van der Waals surface area contributed by atoms with Gasteiger partial charge < -0.3 is 14.4 Å². The van der Waals surface area contributed by atoms with Gasteiger partial charge in [-0.3, -0.25) is 4.79 Å². The van der Waals surface area contributed by atoms with Gasteiger partial charge >= 0.3 is 5.97 Å². The van der Waals surface area contributed by atoms with Gasteiger partial charge in [-0.25, -0.2) is 4.79 Å². The van der Waals surface area contributed by atoms with Crippen molar-refractivity contribution < 1.29 is 19.1 Å². The molecule has 1 aromatic carbocycles. The van der Waals surface area contributed by atoms with E-state index in [1.54, 1.807) is 4.90 Å². The lowest BCUT2D eigenvalue weighted by Crippen LogP contribution is -2.30. The predicted molar refractivity (Wildman–Crippen MR) is 84.6 cm³/mol. The molecule has 1 unspecified atom stereocenters. The fourth-order valence-corrected chi connectivity index (χ4v) is 3.18. The average Bonchev–Trinajstić information content (AvgIpc) is 3.18. The zero-order valence-corrected chi connectivity index (χ0v) is 13.2. The van der Waals surface area contributed by atoms with E-state index in [4.69, 9.17) is 9.52 Å². The molecule has 0 spiro atoms. The maximum Gasteiger partial charge on any atom is 0.371 e. The highest BCUT2D eigenvalue weighted by Crippen LogP contribution is 2.35. The number of carbonyl (C=O) groups excluding carboxylic acids is 1. The molecular formula is C18H19NO4. The summed E-state index contributed by atoms with van der Waals surface area (Å²) in [5.41, 5.74) is 3.55. The second kappa shape index (κ2) is 5.91. The van der Waals surface area contributed by atoms with Crippen LogP contribution in [0.2, 0.25) is 0 Å². The highest BCUT2D eigenvalue weighted by Gasteiger charge is 2.33. The Bertz CT molecular complexity index is 762. The number of aromatic carboxylic acids is 1. The van der Waals surface area contributed by atoms with Crippen LogP contribution in [0.3, 0.4) is 0 Å². The maximum atomic E-state index is 12.7. The van der Waals surface area contributed by atoms with Crippen LogP contribution in [0.1, 0.15) is 56.7 Å². The number of likely N-dealkylation sites (tertiary alicyclic amines) is 1. The van der Waals surface area contributed by atoms with Crippen molar-refractivity contribution in [3.05, 3.63) is 58.5 Å². The number of furan rings is 1. The Hall–Kier alpha value is -2.56. The van der Waals surface area contributed by atoms with Crippen molar-refractivity contribution in [2.75, 3.05) is 6.54 Å². The molecule has 2 heterocycles. The second-order valence-corrected chi connectivity index (χ2v) is 5.91. The molecule has 1 saturated heterocycles. The van der Waals surface area contributed by atoms with Crippen molar-refractivity contribution in [2.45, 2.75) is 32.7 Å². The van der Waals surface area contributed by atoms with E-state index in [0.717, 1.165) is 18.4 Å². The molecular weight excluding hydrogens is 294 g/mol. The van der Waals surface area contributed by atoms with Crippen molar-refractivity contribution in [3.8, 4) is 0 Å². The minimum absolute atomic E-state index is 0.0146. The molecule has 1 aromatic heterocycles. The summed E-state index contributed by atoms with van der Waals surface area (Å²) in [6, 6.07) is 8.90. The van der Waals surface area contributed by atoms with Gasteiger partial charge in [0, 0.05) is 6.54 Å². The fourth-order valence-electron chi connectivity index (χ4n) is 3.18. The van der Waals surface area contributed by atoms with Crippen LogP contribution >= 0.6 is 0 Å². The topological polar surface area (TPSA) is 70.8 Å². The monoisotopic (exact) mass is 313 g/mol. The third-order valence-corrected chi connectivity index (χ3v) is 4.55. The van der Waals surface area contributed by atoms with Gasteiger partial charge in [0.15, 0.2) is 5.76 Å². The molecule has 23 heavy (non-hydrogen) atoms. The first-order valence-electron chi connectivity index (χ1n) is 7.69. The Labute approximate surface area is 134 Å². The number of carbonyl (C=O) groups is 2. The SMILES string of the molecule is Cc1cccc(C2CCCN2C(=O)c2ccc(C(=O)O)o2)c1C. The molecule has 3 rings (SSSR count). The minimum Gasteiger partial charge on any atom is -0.475 e. The number of hydrogen-bond acceptors (Lipinski definition) is 3. The Balaban J connectivity index is 1.90. The smallest absolute Gasteiger partial charge is 0.371 e. The predicted octanol–water partition coefficient (Wildman–Crippen LogP) is 3.57. The molecule has 0 saturated carbocycles. The van der Waals surface area contributed by atoms with Gasteiger partial charge in [-0.15, -0.1) is 0 Å². The van der Waals surface area contributed by atoms with Gasteiger partial charge in [0.1, 0.15) is 0 Å². The van der Waals surface area contributed by atoms with Crippen LogP contribution in [0.5, 0.6) is 0 Å². The molecule has 1 amide bonds. The van der Waals surface area contributed by atoms with Gasteiger partial charge in [-0.1, -0.05) is 18.2 Å². The standard InChI is InChI=1S/C18H19NO4/c1-11-5-3-6-13(12(11)2)14-7-4-10-19(14)17(20)15-8-9-16(23-15)18(21)22/h3,5-6,8-9,14H,4,7,10H2,1-2H3,(H,21,22). The van der Waals surface area contributed by atoms with E-state index >= 15 is 0 Å². The summed E-state index contributed by atoms with van der Waals surface area (Å²) >= 11 is 0. The molecule has 0 aliphatic carbocycles.